The normalized spacial score (nSPS) is 9.36. The van der Waals surface area contributed by atoms with E-state index in [2.05, 4.69) is 26.5 Å². The van der Waals surface area contributed by atoms with Crippen molar-refractivity contribution in [2.24, 2.45) is 0 Å². The summed E-state index contributed by atoms with van der Waals surface area (Å²) in [6, 6.07) is 17.8. The number of aryl methyl sites for hydroxylation is 1. The van der Waals surface area contributed by atoms with Crippen LogP contribution in [-0.2, 0) is 11.2 Å². The Labute approximate surface area is 170 Å². The lowest BCUT2D eigenvalue weighted by atomic mass is 10.0. The third-order valence-electron chi connectivity index (χ3n) is 4.26. The maximum atomic E-state index is 9.76. The Kier molecular flexibility index (Phi) is 16.2. The first-order valence-corrected chi connectivity index (χ1v) is 10.2. The van der Waals surface area contributed by atoms with E-state index >= 15 is 0 Å². The van der Waals surface area contributed by atoms with E-state index in [1.54, 1.807) is 6.07 Å². The highest BCUT2D eigenvalue weighted by molar-refractivity contribution is 5.78. The van der Waals surface area contributed by atoms with Gasteiger partial charge in [-0.2, -0.15) is 0 Å². The van der Waals surface area contributed by atoms with Gasteiger partial charge in [0, 0.05) is 6.08 Å². The first-order chi connectivity index (χ1) is 13.5. The summed E-state index contributed by atoms with van der Waals surface area (Å²) in [5.74, 6) is -0.513. The van der Waals surface area contributed by atoms with Gasteiger partial charge < -0.3 is 10.2 Å². The number of phenols is 1. The largest absolute Gasteiger partial charge is 0.508 e. The van der Waals surface area contributed by atoms with Crippen LogP contribution in [0.4, 0.5) is 0 Å². The Balaban J connectivity index is 0.000000538. The number of aromatic hydroxyl groups is 1. The summed E-state index contributed by atoms with van der Waals surface area (Å²) in [4.78, 5) is 9.25. The molecule has 2 rings (SSSR count). The Hall–Kier alpha value is -2.55. The van der Waals surface area contributed by atoms with Crippen molar-refractivity contribution in [2.45, 2.75) is 65.2 Å². The number of benzene rings is 2. The van der Waals surface area contributed by atoms with E-state index in [1.807, 2.05) is 42.5 Å². The molecule has 2 aromatic carbocycles. The number of carboxylic acid groups (broad SMARTS) is 1. The zero-order valence-electron chi connectivity index (χ0n) is 17.4. The monoisotopic (exact) mass is 384 g/mol. The molecule has 0 radical (unpaired) electrons. The molecular weight excluding hydrogens is 348 g/mol. The van der Waals surface area contributed by atoms with E-state index in [-0.39, 0.29) is 0 Å². The van der Waals surface area contributed by atoms with Crippen molar-refractivity contribution in [3.8, 4) is 5.75 Å². The molecule has 28 heavy (non-hydrogen) atoms. The summed E-state index contributed by atoms with van der Waals surface area (Å²) in [5, 5.41) is 17.4. The van der Waals surface area contributed by atoms with Crippen molar-refractivity contribution in [2.75, 3.05) is 0 Å². The van der Waals surface area contributed by atoms with Crippen LogP contribution in [0.25, 0.3) is 0 Å². The standard InChI is InChI=1S/C16H26O.C6H6.C3H4O2/c1-3-4-5-6-7-8-9-12-15-14(2)11-10-13-16(15)17;1-2-4-6-5-3-1;1-2-3(4)5/h10-11,13,17H,3-9,12H2,1-2H3;1-6H;2H,1H2,(H,4,5). The van der Waals surface area contributed by atoms with Crippen LogP contribution in [0.5, 0.6) is 5.75 Å². The molecular formula is C25H36O3. The smallest absolute Gasteiger partial charge is 0.327 e. The first kappa shape index (κ1) is 25.4. The van der Waals surface area contributed by atoms with Gasteiger partial charge in [0.15, 0.2) is 0 Å². The van der Waals surface area contributed by atoms with Gasteiger partial charge in [0.25, 0.3) is 0 Å². The summed E-state index contributed by atoms with van der Waals surface area (Å²) in [5.41, 5.74) is 2.36. The van der Waals surface area contributed by atoms with E-state index in [0.717, 1.165) is 18.1 Å². The fraction of sp³-hybridized carbons (Fsp3) is 0.400. The second kappa shape index (κ2) is 17.8. The molecule has 0 aromatic heterocycles. The molecule has 0 unspecified atom stereocenters. The Morgan fingerprint density at radius 3 is 1.79 bits per heavy atom. The van der Waals surface area contributed by atoms with Crippen LogP contribution in [0.1, 0.15) is 63.0 Å². The molecule has 0 spiro atoms. The summed E-state index contributed by atoms with van der Waals surface area (Å²) in [7, 11) is 0. The summed E-state index contributed by atoms with van der Waals surface area (Å²) >= 11 is 0. The van der Waals surface area contributed by atoms with E-state index in [9.17, 15) is 9.90 Å². The predicted molar refractivity (Wildman–Crippen MR) is 119 cm³/mol. The molecule has 0 bridgehead atoms. The van der Waals surface area contributed by atoms with Crippen molar-refractivity contribution in [1.29, 1.82) is 0 Å². The number of hydrogen-bond donors (Lipinski definition) is 2. The van der Waals surface area contributed by atoms with Crippen LogP contribution in [0.3, 0.4) is 0 Å². The molecule has 3 heteroatoms. The zero-order chi connectivity index (χ0) is 21.0. The van der Waals surface area contributed by atoms with E-state index < -0.39 is 5.97 Å². The lowest BCUT2D eigenvalue weighted by molar-refractivity contribution is -0.131. The Bertz CT molecular complexity index is 589. The van der Waals surface area contributed by atoms with Gasteiger partial charge in [-0.25, -0.2) is 4.79 Å². The number of aliphatic carboxylic acids is 1. The second-order valence-corrected chi connectivity index (χ2v) is 6.64. The van der Waals surface area contributed by atoms with Gasteiger partial charge in [-0.05, 0) is 37.0 Å². The zero-order valence-corrected chi connectivity index (χ0v) is 17.4. The highest BCUT2D eigenvalue weighted by Gasteiger charge is 2.03. The molecule has 154 valence electrons. The van der Waals surface area contributed by atoms with Crippen LogP contribution < -0.4 is 0 Å². The van der Waals surface area contributed by atoms with Gasteiger partial charge in [0.05, 0.1) is 0 Å². The second-order valence-electron chi connectivity index (χ2n) is 6.64. The number of carbonyl (C=O) groups is 1. The molecule has 0 aliphatic carbocycles. The number of unbranched alkanes of at least 4 members (excludes halogenated alkanes) is 6. The van der Waals surface area contributed by atoms with Gasteiger partial charge in [-0.1, -0.05) is 101 Å². The van der Waals surface area contributed by atoms with Crippen LogP contribution in [-0.4, -0.2) is 16.2 Å². The predicted octanol–water partition coefficient (Wildman–Crippen LogP) is 6.94. The Morgan fingerprint density at radius 1 is 0.893 bits per heavy atom. The molecule has 2 aromatic rings. The van der Waals surface area contributed by atoms with Crippen LogP contribution >= 0.6 is 0 Å². The summed E-state index contributed by atoms with van der Waals surface area (Å²) in [6.45, 7) is 7.29. The van der Waals surface area contributed by atoms with E-state index in [0.29, 0.717) is 5.75 Å². The molecule has 0 atom stereocenters. The summed E-state index contributed by atoms with van der Waals surface area (Å²) in [6.07, 6.45) is 11.1. The van der Waals surface area contributed by atoms with Crippen LogP contribution in [0.2, 0.25) is 0 Å². The topological polar surface area (TPSA) is 57.5 Å². The number of phenolic OH excluding ortho intramolecular Hbond substituents is 1. The highest BCUT2D eigenvalue weighted by Crippen LogP contribution is 2.22. The highest BCUT2D eigenvalue weighted by atomic mass is 16.4. The van der Waals surface area contributed by atoms with E-state index in [1.165, 1.54) is 50.5 Å². The van der Waals surface area contributed by atoms with Crippen molar-refractivity contribution in [3.05, 3.63) is 78.4 Å². The van der Waals surface area contributed by atoms with Crippen molar-refractivity contribution < 1.29 is 15.0 Å². The molecule has 0 amide bonds. The molecule has 0 saturated heterocycles. The average molecular weight is 385 g/mol. The van der Waals surface area contributed by atoms with Gasteiger partial charge in [0.2, 0.25) is 0 Å². The first-order valence-electron chi connectivity index (χ1n) is 10.2. The molecule has 2 N–H and O–H groups in total. The number of rotatable bonds is 9. The van der Waals surface area contributed by atoms with Gasteiger partial charge >= 0.3 is 5.97 Å². The lowest BCUT2D eigenvalue weighted by Crippen LogP contribution is -1.91. The third-order valence-corrected chi connectivity index (χ3v) is 4.26. The fourth-order valence-electron chi connectivity index (χ4n) is 2.66. The van der Waals surface area contributed by atoms with Crippen LogP contribution in [0, 0.1) is 6.92 Å². The molecule has 0 aliphatic rings. The minimum Gasteiger partial charge on any atom is -0.508 e. The number of carboxylic acids is 1. The Morgan fingerprint density at radius 2 is 1.36 bits per heavy atom. The number of hydrogen-bond acceptors (Lipinski definition) is 2. The quantitative estimate of drug-likeness (QED) is 0.364. The molecule has 0 aliphatic heterocycles. The molecule has 0 saturated carbocycles. The van der Waals surface area contributed by atoms with Crippen molar-refractivity contribution in [3.63, 3.8) is 0 Å². The molecule has 3 nitrogen and oxygen atoms in total. The fourth-order valence-corrected chi connectivity index (χ4v) is 2.66. The van der Waals surface area contributed by atoms with Crippen molar-refractivity contribution >= 4 is 5.97 Å². The minimum absolute atomic E-state index is 0.469. The molecule has 0 fully saturated rings. The SMILES string of the molecule is C=CC(=O)O.CCCCCCCCCc1c(C)cccc1O.c1ccccc1. The van der Waals surface area contributed by atoms with Gasteiger partial charge in [0.1, 0.15) is 5.75 Å². The van der Waals surface area contributed by atoms with E-state index in [4.69, 9.17) is 5.11 Å². The van der Waals surface area contributed by atoms with Crippen LogP contribution in [0.15, 0.2) is 67.3 Å². The van der Waals surface area contributed by atoms with Crippen molar-refractivity contribution in [1.82, 2.24) is 0 Å². The summed E-state index contributed by atoms with van der Waals surface area (Å²) < 4.78 is 0. The van der Waals surface area contributed by atoms with Gasteiger partial charge in [-0.3, -0.25) is 0 Å². The average Bonchev–Trinajstić information content (AvgIpc) is 2.71. The maximum absolute atomic E-state index is 9.76. The maximum Gasteiger partial charge on any atom is 0.327 e. The third kappa shape index (κ3) is 14.6. The minimum atomic E-state index is -0.981. The molecule has 0 heterocycles. The van der Waals surface area contributed by atoms with Gasteiger partial charge in [-0.15, -0.1) is 0 Å². The lowest BCUT2D eigenvalue weighted by Gasteiger charge is -2.08.